The van der Waals surface area contributed by atoms with Crippen molar-refractivity contribution >= 4 is 17.9 Å². The monoisotopic (exact) mass is 246 g/mol. The number of hydrogen-bond acceptors (Lipinski definition) is 5. The highest BCUT2D eigenvalue weighted by molar-refractivity contribution is 6.07. The molecule has 2 aromatic rings. The third kappa shape index (κ3) is 2.88. The van der Waals surface area contributed by atoms with Gasteiger partial charge in [-0.05, 0) is 24.3 Å². The Morgan fingerprint density at radius 2 is 2.17 bits per heavy atom. The number of nitrogens with zero attached hydrogens (tertiary/aromatic N) is 3. The maximum atomic E-state index is 11.7. The minimum Gasteiger partial charge on any atom is -0.274 e. The zero-order valence-electron chi connectivity index (χ0n) is 9.47. The number of carbonyl (C=O) groups excluding carboxylic acids is 2. The Kier molecular flexibility index (Phi) is 3.28. The molecule has 1 aromatic heterocycles. The molecule has 18 heavy (non-hydrogen) atoms. The average molecular weight is 246 g/mol. The summed E-state index contributed by atoms with van der Waals surface area (Å²) >= 11 is 0. The topological polar surface area (TPSA) is 113 Å². The summed E-state index contributed by atoms with van der Waals surface area (Å²) in [7, 11) is 0. The number of H-pyrrole nitrogens is 1. The van der Waals surface area contributed by atoms with Crippen LogP contribution < -0.4 is 10.6 Å². The van der Waals surface area contributed by atoms with Gasteiger partial charge in [0.15, 0.2) is 0 Å². The van der Waals surface area contributed by atoms with Crippen molar-refractivity contribution in [2.24, 2.45) is 0 Å². The first kappa shape index (κ1) is 11.7. The smallest absolute Gasteiger partial charge is 0.274 e. The van der Waals surface area contributed by atoms with Crippen molar-refractivity contribution in [2.75, 3.05) is 5.32 Å². The van der Waals surface area contributed by atoms with Crippen LogP contribution in [-0.2, 0) is 0 Å². The number of hydrogen-bond donors (Lipinski definition) is 3. The van der Waals surface area contributed by atoms with Crippen molar-refractivity contribution in [3.63, 3.8) is 0 Å². The molecule has 0 saturated heterocycles. The number of aromatic amines is 1. The average Bonchev–Trinajstić information content (AvgIpc) is 2.81. The lowest BCUT2D eigenvalue weighted by Crippen LogP contribution is -2.34. The Morgan fingerprint density at radius 1 is 1.33 bits per heavy atom. The highest BCUT2D eigenvalue weighted by Gasteiger charge is 2.11. The SMILES string of the molecule is Cc1cccc(C(=O)NC(=O)Nc2nn[nH]n2)c1. The normalized spacial score (nSPS) is 9.83. The second-order valence-corrected chi connectivity index (χ2v) is 3.51. The van der Waals surface area contributed by atoms with E-state index in [2.05, 4.69) is 31.3 Å². The van der Waals surface area contributed by atoms with Crippen LogP contribution in [0.25, 0.3) is 0 Å². The van der Waals surface area contributed by atoms with Gasteiger partial charge in [-0.25, -0.2) is 4.79 Å². The predicted molar refractivity (Wildman–Crippen MR) is 61.8 cm³/mol. The van der Waals surface area contributed by atoms with Crippen LogP contribution in [-0.4, -0.2) is 32.6 Å². The molecule has 3 amide bonds. The number of urea groups is 1. The molecule has 0 aliphatic carbocycles. The summed E-state index contributed by atoms with van der Waals surface area (Å²) < 4.78 is 0. The molecule has 0 aliphatic rings. The fourth-order valence-electron chi connectivity index (χ4n) is 1.31. The summed E-state index contributed by atoms with van der Waals surface area (Å²) in [5.41, 5.74) is 1.33. The Balaban J connectivity index is 1.97. The third-order valence-electron chi connectivity index (χ3n) is 2.08. The zero-order valence-corrected chi connectivity index (χ0v) is 9.47. The standard InChI is InChI=1S/C10H10N6O2/c1-6-3-2-4-7(5-6)8(17)11-10(18)12-9-13-15-16-14-9/h2-5H,1H3,(H3,11,12,13,14,15,16,17,18). The van der Waals surface area contributed by atoms with Gasteiger partial charge in [-0.2, -0.15) is 5.21 Å². The van der Waals surface area contributed by atoms with E-state index in [-0.39, 0.29) is 5.95 Å². The lowest BCUT2D eigenvalue weighted by Gasteiger charge is -2.04. The quantitative estimate of drug-likeness (QED) is 0.712. The number of amides is 3. The molecule has 0 aliphatic heterocycles. The summed E-state index contributed by atoms with van der Waals surface area (Å²) in [5, 5.41) is 16.9. The third-order valence-corrected chi connectivity index (χ3v) is 2.08. The van der Waals surface area contributed by atoms with Crippen molar-refractivity contribution in [1.29, 1.82) is 0 Å². The van der Waals surface area contributed by atoms with E-state index in [9.17, 15) is 9.59 Å². The van der Waals surface area contributed by atoms with Gasteiger partial charge in [0.25, 0.3) is 11.9 Å². The molecule has 0 radical (unpaired) electrons. The van der Waals surface area contributed by atoms with Crippen LogP contribution in [0.4, 0.5) is 10.7 Å². The first-order valence-electron chi connectivity index (χ1n) is 5.07. The van der Waals surface area contributed by atoms with E-state index in [0.29, 0.717) is 5.56 Å². The van der Waals surface area contributed by atoms with Gasteiger partial charge in [0.2, 0.25) is 0 Å². The summed E-state index contributed by atoms with van der Waals surface area (Å²) in [6.45, 7) is 1.86. The summed E-state index contributed by atoms with van der Waals surface area (Å²) in [6, 6.07) is 6.17. The van der Waals surface area contributed by atoms with Gasteiger partial charge < -0.3 is 0 Å². The molecule has 8 heteroatoms. The first-order chi connectivity index (χ1) is 8.65. The maximum Gasteiger partial charge on any atom is 0.328 e. The number of anilines is 1. The number of tetrazole rings is 1. The molecule has 1 aromatic carbocycles. The number of benzene rings is 1. The Hall–Kier alpha value is -2.77. The summed E-state index contributed by atoms with van der Waals surface area (Å²) in [5.74, 6) is -0.510. The number of aryl methyl sites for hydroxylation is 1. The van der Waals surface area contributed by atoms with E-state index in [1.165, 1.54) is 0 Å². The second-order valence-electron chi connectivity index (χ2n) is 3.51. The molecule has 8 nitrogen and oxygen atoms in total. The van der Waals surface area contributed by atoms with E-state index >= 15 is 0 Å². The van der Waals surface area contributed by atoms with Gasteiger partial charge in [0.1, 0.15) is 0 Å². The number of nitrogens with one attached hydrogen (secondary N) is 3. The van der Waals surface area contributed by atoms with Crippen LogP contribution in [0.2, 0.25) is 0 Å². The fourth-order valence-corrected chi connectivity index (χ4v) is 1.31. The molecule has 0 bridgehead atoms. The highest BCUT2D eigenvalue weighted by atomic mass is 16.2. The first-order valence-corrected chi connectivity index (χ1v) is 5.07. The summed E-state index contributed by atoms with van der Waals surface area (Å²) in [4.78, 5) is 23.1. The van der Waals surface area contributed by atoms with Crippen molar-refractivity contribution < 1.29 is 9.59 Å². The molecule has 0 atom stereocenters. The van der Waals surface area contributed by atoms with Gasteiger partial charge in [-0.1, -0.05) is 22.8 Å². The predicted octanol–water partition coefficient (Wildman–Crippen LogP) is 0.470. The van der Waals surface area contributed by atoms with Gasteiger partial charge in [0.05, 0.1) is 0 Å². The number of rotatable bonds is 2. The largest absolute Gasteiger partial charge is 0.328 e. The van der Waals surface area contributed by atoms with Crippen molar-refractivity contribution in [1.82, 2.24) is 25.9 Å². The van der Waals surface area contributed by atoms with Crippen LogP contribution in [0.3, 0.4) is 0 Å². The molecule has 0 fully saturated rings. The molecule has 0 spiro atoms. The second kappa shape index (κ2) is 5.04. The molecular formula is C10H10N6O2. The Morgan fingerprint density at radius 3 is 2.83 bits per heavy atom. The van der Waals surface area contributed by atoms with Gasteiger partial charge in [-0.3, -0.25) is 15.4 Å². The number of imide groups is 1. The number of carbonyl (C=O) groups is 2. The minimum atomic E-state index is -0.720. The van der Waals surface area contributed by atoms with Crippen LogP contribution >= 0.6 is 0 Å². The van der Waals surface area contributed by atoms with E-state index in [0.717, 1.165) is 5.56 Å². The van der Waals surface area contributed by atoms with E-state index in [4.69, 9.17) is 0 Å². The van der Waals surface area contributed by atoms with E-state index in [1.807, 2.05) is 13.0 Å². The van der Waals surface area contributed by atoms with Crippen molar-refractivity contribution in [3.05, 3.63) is 35.4 Å². The van der Waals surface area contributed by atoms with Crippen LogP contribution in [0.5, 0.6) is 0 Å². The molecule has 0 saturated carbocycles. The van der Waals surface area contributed by atoms with Crippen LogP contribution in [0.15, 0.2) is 24.3 Å². The lowest BCUT2D eigenvalue weighted by molar-refractivity contribution is 0.0967. The lowest BCUT2D eigenvalue weighted by atomic mass is 10.1. The molecule has 92 valence electrons. The van der Waals surface area contributed by atoms with Gasteiger partial charge in [-0.15, -0.1) is 5.10 Å². The Labute approximate surface area is 102 Å². The van der Waals surface area contributed by atoms with Crippen molar-refractivity contribution in [2.45, 2.75) is 6.92 Å². The van der Waals surface area contributed by atoms with E-state index in [1.54, 1.807) is 18.2 Å². The van der Waals surface area contributed by atoms with E-state index < -0.39 is 11.9 Å². The molecular weight excluding hydrogens is 236 g/mol. The van der Waals surface area contributed by atoms with Gasteiger partial charge in [0, 0.05) is 5.56 Å². The molecule has 2 rings (SSSR count). The van der Waals surface area contributed by atoms with Crippen LogP contribution in [0, 0.1) is 6.92 Å². The summed E-state index contributed by atoms with van der Waals surface area (Å²) in [6.07, 6.45) is 0. The molecule has 0 unspecified atom stereocenters. The molecule has 1 heterocycles. The number of aromatic nitrogens is 4. The minimum absolute atomic E-state index is 0.00968. The highest BCUT2D eigenvalue weighted by Crippen LogP contribution is 2.03. The zero-order chi connectivity index (χ0) is 13.0. The maximum absolute atomic E-state index is 11.7. The fraction of sp³-hybridized carbons (Fsp3) is 0.100. The van der Waals surface area contributed by atoms with Crippen molar-refractivity contribution in [3.8, 4) is 0 Å². The molecule has 3 N–H and O–H groups in total. The van der Waals surface area contributed by atoms with Gasteiger partial charge >= 0.3 is 6.03 Å². The van der Waals surface area contributed by atoms with Crippen LogP contribution in [0.1, 0.15) is 15.9 Å². The Bertz CT molecular complexity index is 566.